The molecule has 0 aromatic heterocycles. The van der Waals surface area contributed by atoms with Gasteiger partial charge in [0.15, 0.2) is 0 Å². The van der Waals surface area contributed by atoms with Gasteiger partial charge in [0.2, 0.25) is 0 Å². The summed E-state index contributed by atoms with van der Waals surface area (Å²) in [6.07, 6.45) is 5.18. The van der Waals surface area contributed by atoms with Gasteiger partial charge in [0, 0.05) is 5.69 Å². The van der Waals surface area contributed by atoms with Crippen LogP contribution in [0.2, 0.25) is 0 Å². The van der Waals surface area contributed by atoms with Crippen LogP contribution in [0.3, 0.4) is 0 Å². The van der Waals surface area contributed by atoms with E-state index in [4.69, 9.17) is 5.73 Å². The molecule has 0 radical (unpaired) electrons. The summed E-state index contributed by atoms with van der Waals surface area (Å²) in [5.74, 6) is 0. The highest BCUT2D eigenvalue weighted by Gasteiger charge is 2.05. The molecule has 5 aromatic rings. The van der Waals surface area contributed by atoms with Crippen molar-refractivity contribution in [3.8, 4) is 0 Å². The largest absolute Gasteiger partial charge is 0.398 e. The zero-order valence-corrected chi connectivity index (χ0v) is 15.6. The summed E-state index contributed by atoms with van der Waals surface area (Å²) in [6.45, 7) is 0. The Balaban J connectivity index is 1.55. The lowest BCUT2D eigenvalue weighted by atomic mass is 9.95. The molecule has 2 N–H and O–H groups in total. The number of nitrogen functional groups attached to an aromatic ring is 1. The monoisotopic (exact) mass is 359 g/mol. The zero-order valence-electron chi connectivity index (χ0n) is 15.6. The van der Waals surface area contributed by atoms with Crippen LogP contribution in [0, 0.1) is 0 Å². The predicted octanol–water partition coefficient (Wildman–Crippen LogP) is 6.98. The van der Waals surface area contributed by atoms with E-state index in [1.54, 1.807) is 0 Å². The van der Waals surface area contributed by atoms with E-state index >= 15 is 0 Å². The van der Waals surface area contributed by atoms with Gasteiger partial charge in [0.05, 0.1) is 0 Å². The molecule has 5 aromatic carbocycles. The van der Waals surface area contributed by atoms with E-state index < -0.39 is 0 Å². The van der Waals surface area contributed by atoms with Gasteiger partial charge in [-0.3, -0.25) is 0 Å². The van der Waals surface area contributed by atoms with E-state index in [0.29, 0.717) is 0 Å². The molecule has 0 saturated heterocycles. The molecule has 28 heavy (non-hydrogen) atoms. The Morgan fingerprint density at radius 3 is 2.25 bits per heavy atom. The fourth-order valence-electron chi connectivity index (χ4n) is 4.00. The highest BCUT2D eigenvalue weighted by Crippen LogP contribution is 2.32. The topological polar surface area (TPSA) is 26.0 Å². The minimum atomic E-state index is 0.815. The van der Waals surface area contributed by atoms with E-state index in [0.717, 1.165) is 17.7 Å². The summed E-state index contributed by atoms with van der Waals surface area (Å²) in [4.78, 5) is 0. The number of nitrogens with two attached hydrogens (primary N) is 1. The average molecular weight is 359 g/mol. The molecule has 0 aliphatic heterocycles. The smallest absolute Gasteiger partial charge is 0.0387 e. The minimum Gasteiger partial charge on any atom is -0.398 e. The van der Waals surface area contributed by atoms with Crippen LogP contribution in [0.1, 0.15) is 11.1 Å². The van der Waals surface area contributed by atoms with E-state index in [9.17, 15) is 0 Å². The first kappa shape index (κ1) is 16.6. The van der Waals surface area contributed by atoms with Gasteiger partial charge in [0.1, 0.15) is 0 Å². The van der Waals surface area contributed by atoms with Crippen LogP contribution in [-0.2, 0) is 6.42 Å². The molecule has 0 atom stereocenters. The third-order valence-electron chi connectivity index (χ3n) is 5.44. The van der Waals surface area contributed by atoms with Gasteiger partial charge in [-0.25, -0.2) is 0 Å². The Kier molecular flexibility index (Phi) is 4.06. The maximum Gasteiger partial charge on any atom is 0.0387 e. The molecule has 0 unspecified atom stereocenters. The summed E-state index contributed by atoms with van der Waals surface area (Å²) >= 11 is 0. The van der Waals surface area contributed by atoms with Crippen LogP contribution in [0.5, 0.6) is 0 Å². The number of hydrogen-bond donors (Lipinski definition) is 1. The van der Waals surface area contributed by atoms with E-state index in [-0.39, 0.29) is 0 Å². The SMILES string of the molecule is Nc1ccccc1/C=C\Cc1ccc2c(ccc3ccc4ccccc4c32)c1. The fraction of sp³-hybridized carbons (Fsp3) is 0.0370. The van der Waals surface area contributed by atoms with Crippen molar-refractivity contribution in [1.29, 1.82) is 0 Å². The average Bonchev–Trinajstić information content (AvgIpc) is 2.74. The molecule has 5 rings (SSSR count). The normalized spacial score (nSPS) is 11.7. The molecular formula is C27H21N. The third kappa shape index (κ3) is 2.91. The van der Waals surface area contributed by atoms with Crippen LogP contribution in [0.15, 0.2) is 97.1 Å². The summed E-state index contributed by atoms with van der Waals surface area (Å²) in [6, 6.07) is 32.3. The summed E-state index contributed by atoms with van der Waals surface area (Å²) < 4.78 is 0. The second-order valence-corrected chi connectivity index (χ2v) is 7.24. The maximum absolute atomic E-state index is 6.02. The summed E-state index contributed by atoms with van der Waals surface area (Å²) in [5, 5.41) is 7.84. The van der Waals surface area contributed by atoms with E-state index in [1.807, 2.05) is 24.3 Å². The van der Waals surface area contributed by atoms with Gasteiger partial charge in [0.25, 0.3) is 0 Å². The lowest BCUT2D eigenvalue weighted by Crippen LogP contribution is -1.88. The van der Waals surface area contributed by atoms with E-state index in [1.165, 1.54) is 37.9 Å². The van der Waals surface area contributed by atoms with Crippen LogP contribution in [0.4, 0.5) is 5.69 Å². The Labute approximate surface area is 164 Å². The van der Waals surface area contributed by atoms with Crippen LogP contribution in [-0.4, -0.2) is 0 Å². The minimum absolute atomic E-state index is 0.815. The Morgan fingerprint density at radius 2 is 1.36 bits per heavy atom. The van der Waals surface area contributed by atoms with Crippen LogP contribution < -0.4 is 5.73 Å². The van der Waals surface area contributed by atoms with Crippen molar-refractivity contribution >= 4 is 44.1 Å². The standard InChI is InChI=1S/C27H21N/c28-26-11-4-2-8-21(26)9-5-6-19-12-17-25-23(18-19)16-15-22-14-13-20-7-1-3-10-24(20)27(22)25/h1-5,7-18H,6,28H2/b9-5-. The number of hydrogen-bond acceptors (Lipinski definition) is 1. The summed E-state index contributed by atoms with van der Waals surface area (Å²) in [5.41, 5.74) is 9.21. The van der Waals surface area contributed by atoms with Crippen molar-refractivity contribution in [3.05, 3.63) is 108 Å². The Bertz CT molecular complexity index is 1340. The van der Waals surface area contributed by atoms with E-state index in [2.05, 4.69) is 78.9 Å². The Morgan fingerprint density at radius 1 is 0.643 bits per heavy atom. The van der Waals surface area contributed by atoms with Crippen molar-refractivity contribution < 1.29 is 0 Å². The lowest BCUT2D eigenvalue weighted by molar-refractivity contribution is 1.29. The second kappa shape index (κ2) is 6.86. The molecule has 0 amide bonds. The van der Waals surface area contributed by atoms with Gasteiger partial charge >= 0.3 is 0 Å². The van der Waals surface area contributed by atoms with Crippen molar-refractivity contribution in [2.24, 2.45) is 0 Å². The lowest BCUT2D eigenvalue weighted by Gasteiger charge is -2.09. The fourth-order valence-corrected chi connectivity index (χ4v) is 4.00. The zero-order chi connectivity index (χ0) is 18.9. The molecule has 0 fully saturated rings. The quantitative estimate of drug-likeness (QED) is 0.273. The molecule has 0 aliphatic rings. The highest BCUT2D eigenvalue weighted by atomic mass is 14.5. The first-order valence-corrected chi connectivity index (χ1v) is 9.64. The van der Waals surface area contributed by atoms with Crippen molar-refractivity contribution in [3.63, 3.8) is 0 Å². The predicted molar refractivity (Wildman–Crippen MR) is 123 cm³/mol. The first-order chi connectivity index (χ1) is 13.8. The molecule has 134 valence electrons. The first-order valence-electron chi connectivity index (χ1n) is 9.64. The number of allylic oxidation sites excluding steroid dienone is 1. The van der Waals surface area contributed by atoms with Crippen molar-refractivity contribution in [2.75, 3.05) is 5.73 Å². The van der Waals surface area contributed by atoms with Crippen molar-refractivity contribution in [1.82, 2.24) is 0 Å². The summed E-state index contributed by atoms with van der Waals surface area (Å²) in [7, 11) is 0. The number of anilines is 1. The van der Waals surface area contributed by atoms with Gasteiger partial charge in [-0.2, -0.15) is 0 Å². The molecule has 0 bridgehead atoms. The highest BCUT2D eigenvalue weighted by molar-refractivity contribution is 6.20. The third-order valence-corrected chi connectivity index (χ3v) is 5.44. The second-order valence-electron chi connectivity index (χ2n) is 7.24. The van der Waals surface area contributed by atoms with Gasteiger partial charge in [-0.15, -0.1) is 0 Å². The number of fused-ring (bicyclic) bond motifs is 5. The molecule has 0 spiro atoms. The molecule has 0 saturated carbocycles. The molecule has 0 aliphatic carbocycles. The van der Waals surface area contributed by atoms with Gasteiger partial charge in [-0.1, -0.05) is 97.1 Å². The number of benzene rings is 5. The maximum atomic E-state index is 6.02. The number of para-hydroxylation sites is 1. The van der Waals surface area contributed by atoms with Crippen LogP contribution >= 0.6 is 0 Å². The molecular weight excluding hydrogens is 338 g/mol. The number of rotatable bonds is 3. The van der Waals surface area contributed by atoms with Crippen molar-refractivity contribution in [2.45, 2.75) is 6.42 Å². The van der Waals surface area contributed by atoms with Gasteiger partial charge in [-0.05, 0) is 55.9 Å². The molecule has 0 heterocycles. The molecule has 1 heteroatoms. The van der Waals surface area contributed by atoms with Gasteiger partial charge < -0.3 is 5.73 Å². The Hall–Kier alpha value is -3.58. The van der Waals surface area contributed by atoms with Crippen LogP contribution in [0.25, 0.3) is 38.4 Å². The molecule has 1 nitrogen and oxygen atoms in total.